The van der Waals surface area contributed by atoms with Crippen LogP contribution in [0.25, 0.3) is 10.6 Å². The molecule has 2 N–H and O–H groups in total. The fourth-order valence-electron chi connectivity index (χ4n) is 2.87. The summed E-state index contributed by atoms with van der Waals surface area (Å²) < 4.78 is 0. The Morgan fingerprint density at radius 1 is 1.22 bits per heavy atom. The predicted molar refractivity (Wildman–Crippen MR) is 87.9 cm³/mol. The number of amides is 1. The molecule has 1 fully saturated rings. The summed E-state index contributed by atoms with van der Waals surface area (Å²) in [7, 11) is 0. The third kappa shape index (κ3) is 3.76. The van der Waals surface area contributed by atoms with E-state index in [1.54, 1.807) is 11.3 Å². The lowest BCUT2D eigenvalue weighted by Crippen LogP contribution is -2.29. The van der Waals surface area contributed by atoms with Crippen molar-refractivity contribution < 1.29 is 14.7 Å². The fraction of sp³-hybridized carbons (Fsp3) is 0.353. The number of carbonyl (C=O) groups excluding carboxylic acids is 1. The fourth-order valence-corrected chi connectivity index (χ4v) is 3.69. The lowest BCUT2D eigenvalue weighted by molar-refractivity contribution is -0.141. The molecule has 1 aromatic carbocycles. The van der Waals surface area contributed by atoms with Crippen LogP contribution >= 0.6 is 11.3 Å². The van der Waals surface area contributed by atoms with E-state index in [1.807, 2.05) is 35.7 Å². The van der Waals surface area contributed by atoms with Crippen molar-refractivity contribution in [3.8, 4) is 10.6 Å². The number of nitrogens with one attached hydrogen (secondary N) is 1. The van der Waals surface area contributed by atoms with E-state index in [4.69, 9.17) is 5.11 Å². The molecule has 6 heteroatoms. The number of hydrogen-bond acceptors (Lipinski definition) is 4. The molecule has 1 heterocycles. The van der Waals surface area contributed by atoms with Gasteiger partial charge in [0.05, 0.1) is 18.2 Å². The Bertz CT molecular complexity index is 699. The quantitative estimate of drug-likeness (QED) is 0.883. The molecule has 2 aromatic rings. The number of rotatable bonds is 5. The van der Waals surface area contributed by atoms with Gasteiger partial charge in [-0.25, -0.2) is 4.98 Å². The number of carboxylic acid groups (broad SMARTS) is 1. The summed E-state index contributed by atoms with van der Waals surface area (Å²) in [5, 5.41) is 14.7. The van der Waals surface area contributed by atoms with Crippen molar-refractivity contribution in [3.63, 3.8) is 0 Å². The molecular formula is C17H18N2O3S. The van der Waals surface area contributed by atoms with Crippen LogP contribution in [0.2, 0.25) is 0 Å². The van der Waals surface area contributed by atoms with Gasteiger partial charge in [0.25, 0.3) is 0 Å². The van der Waals surface area contributed by atoms with Gasteiger partial charge in [-0.15, -0.1) is 11.3 Å². The number of carbonyl (C=O) groups is 2. The van der Waals surface area contributed by atoms with E-state index < -0.39 is 5.97 Å². The molecule has 0 bridgehead atoms. The molecule has 1 aliphatic carbocycles. The van der Waals surface area contributed by atoms with Crippen LogP contribution in [0.3, 0.4) is 0 Å². The second kappa shape index (κ2) is 6.91. The monoisotopic (exact) mass is 330 g/mol. The molecule has 23 heavy (non-hydrogen) atoms. The number of nitrogens with zero attached hydrogens (tertiary/aromatic N) is 1. The van der Waals surface area contributed by atoms with Gasteiger partial charge in [0, 0.05) is 16.9 Å². The Kier molecular flexibility index (Phi) is 4.71. The van der Waals surface area contributed by atoms with E-state index >= 15 is 0 Å². The molecule has 0 unspecified atom stereocenters. The van der Waals surface area contributed by atoms with E-state index in [1.165, 1.54) is 0 Å². The van der Waals surface area contributed by atoms with E-state index in [2.05, 4.69) is 10.3 Å². The Morgan fingerprint density at radius 3 is 2.65 bits per heavy atom. The van der Waals surface area contributed by atoms with Gasteiger partial charge < -0.3 is 10.4 Å². The maximum atomic E-state index is 12.1. The van der Waals surface area contributed by atoms with Crippen molar-refractivity contribution in [3.05, 3.63) is 41.4 Å². The molecule has 120 valence electrons. The summed E-state index contributed by atoms with van der Waals surface area (Å²) in [6.07, 6.45) is 1.67. The largest absolute Gasteiger partial charge is 0.481 e. The minimum atomic E-state index is -0.799. The highest BCUT2D eigenvalue weighted by Gasteiger charge is 2.33. The van der Waals surface area contributed by atoms with Crippen LogP contribution in [0, 0.1) is 11.8 Å². The number of benzene rings is 1. The Hall–Kier alpha value is -2.21. The number of carboxylic acids is 1. The third-order valence-electron chi connectivity index (χ3n) is 4.17. The molecule has 3 rings (SSSR count). The highest BCUT2D eigenvalue weighted by molar-refractivity contribution is 7.13. The van der Waals surface area contributed by atoms with Crippen LogP contribution in [0.1, 0.15) is 25.0 Å². The first-order valence-electron chi connectivity index (χ1n) is 7.64. The van der Waals surface area contributed by atoms with Gasteiger partial charge in [-0.1, -0.05) is 30.3 Å². The van der Waals surface area contributed by atoms with Gasteiger partial charge in [0.2, 0.25) is 5.91 Å². The molecule has 0 aliphatic heterocycles. The average molecular weight is 330 g/mol. The average Bonchev–Trinajstić information content (AvgIpc) is 3.23. The molecular weight excluding hydrogens is 312 g/mol. The van der Waals surface area contributed by atoms with Gasteiger partial charge in [-0.05, 0) is 19.3 Å². The zero-order valence-electron chi connectivity index (χ0n) is 12.6. The first-order valence-corrected chi connectivity index (χ1v) is 8.52. The van der Waals surface area contributed by atoms with Crippen molar-refractivity contribution in [2.45, 2.75) is 25.8 Å². The third-order valence-corrected chi connectivity index (χ3v) is 5.11. The minimum Gasteiger partial charge on any atom is -0.481 e. The van der Waals surface area contributed by atoms with E-state index in [-0.39, 0.29) is 17.7 Å². The molecule has 0 radical (unpaired) electrons. The number of aliphatic carboxylic acids is 1. The van der Waals surface area contributed by atoms with Crippen molar-refractivity contribution in [2.75, 3.05) is 0 Å². The van der Waals surface area contributed by atoms with Gasteiger partial charge >= 0.3 is 5.97 Å². The van der Waals surface area contributed by atoms with E-state index in [9.17, 15) is 9.59 Å². The molecule has 5 nitrogen and oxygen atoms in total. The smallest absolute Gasteiger partial charge is 0.306 e. The van der Waals surface area contributed by atoms with Crippen LogP contribution in [-0.2, 0) is 16.1 Å². The first-order chi connectivity index (χ1) is 11.1. The molecule has 0 spiro atoms. The van der Waals surface area contributed by atoms with Crippen LogP contribution in [0.4, 0.5) is 0 Å². The predicted octanol–water partition coefficient (Wildman–Crippen LogP) is 2.93. The maximum absolute atomic E-state index is 12.1. The summed E-state index contributed by atoms with van der Waals surface area (Å²) in [5.41, 5.74) is 1.89. The lowest BCUT2D eigenvalue weighted by atomic mass is 10.0. The molecule has 1 aliphatic rings. The normalized spacial score (nSPS) is 20.3. The zero-order valence-corrected chi connectivity index (χ0v) is 13.4. The highest BCUT2D eigenvalue weighted by atomic mass is 32.1. The molecule has 1 saturated carbocycles. The number of aromatic nitrogens is 1. The summed E-state index contributed by atoms with van der Waals surface area (Å²) in [4.78, 5) is 27.6. The van der Waals surface area contributed by atoms with E-state index in [0.29, 0.717) is 25.8 Å². The second-order valence-corrected chi connectivity index (χ2v) is 6.63. The highest BCUT2D eigenvalue weighted by Crippen LogP contribution is 2.31. The first kappa shape index (κ1) is 15.7. The SMILES string of the molecule is O=C(O)[C@@H]1CC[C@H](C(=O)NCc2csc(-c3ccccc3)n2)C1. The van der Waals surface area contributed by atoms with Crippen molar-refractivity contribution in [1.82, 2.24) is 10.3 Å². The van der Waals surface area contributed by atoms with Crippen LogP contribution < -0.4 is 5.32 Å². The molecule has 2 atom stereocenters. The maximum Gasteiger partial charge on any atom is 0.306 e. The summed E-state index contributed by atoms with van der Waals surface area (Å²) in [6, 6.07) is 9.91. The van der Waals surface area contributed by atoms with Crippen molar-refractivity contribution >= 4 is 23.2 Å². The Labute approximate surface area is 138 Å². The zero-order chi connectivity index (χ0) is 16.2. The van der Waals surface area contributed by atoms with Gasteiger partial charge in [0.15, 0.2) is 0 Å². The van der Waals surface area contributed by atoms with Crippen LogP contribution in [0.15, 0.2) is 35.7 Å². The van der Waals surface area contributed by atoms with Gasteiger partial charge in [-0.3, -0.25) is 9.59 Å². The lowest BCUT2D eigenvalue weighted by Gasteiger charge is -2.09. The molecule has 1 amide bonds. The number of hydrogen-bond donors (Lipinski definition) is 2. The van der Waals surface area contributed by atoms with Gasteiger partial charge in [-0.2, -0.15) is 0 Å². The second-order valence-electron chi connectivity index (χ2n) is 5.77. The standard InChI is InChI=1S/C17H18N2O3S/c20-15(12-6-7-13(8-12)17(21)22)18-9-14-10-23-16(19-14)11-4-2-1-3-5-11/h1-5,10,12-13H,6-9H2,(H,18,20)(H,21,22)/t12-,13+/m0/s1. The summed E-state index contributed by atoms with van der Waals surface area (Å²) in [6.45, 7) is 0.385. The van der Waals surface area contributed by atoms with Crippen LogP contribution in [-0.4, -0.2) is 22.0 Å². The summed E-state index contributed by atoms with van der Waals surface area (Å²) in [5.74, 6) is -1.44. The summed E-state index contributed by atoms with van der Waals surface area (Å²) >= 11 is 1.55. The Balaban J connectivity index is 1.54. The van der Waals surface area contributed by atoms with E-state index in [0.717, 1.165) is 16.3 Å². The van der Waals surface area contributed by atoms with Gasteiger partial charge in [0.1, 0.15) is 5.01 Å². The molecule has 1 aromatic heterocycles. The van der Waals surface area contributed by atoms with Crippen LogP contribution in [0.5, 0.6) is 0 Å². The minimum absolute atomic E-state index is 0.0667. The topological polar surface area (TPSA) is 79.3 Å². The molecule has 0 saturated heterocycles. The van der Waals surface area contributed by atoms with Crippen molar-refractivity contribution in [2.24, 2.45) is 11.8 Å². The number of thiazole rings is 1. The van der Waals surface area contributed by atoms with Crippen molar-refractivity contribution in [1.29, 1.82) is 0 Å². The Morgan fingerprint density at radius 2 is 1.96 bits per heavy atom.